The van der Waals surface area contributed by atoms with Crippen LogP contribution in [0.1, 0.15) is 80.5 Å². The number of nitrogens with one attached hydrogen (secondary N) is 2. The zero-order valence-electron chi connectivity index (χ0n) is 24.5. The number of hydrogen-bond acceptors (Lipinski definition) is 10. The van der Waals surface area contributed by atoms with Crippen LogP contribution < -0.4 is 15.4 Å². The molecule has 0 aliphatic heterocycles. The highest BCUT2D eigenvalue weighted by Crippen LogP contribution is 2.32. The third-order valence-electron chi connectivity index (χ3n) is 7.37. The van der Waals surface area contributed by atoms with E-state index in [0.29, 0.717) is 29.5 Å². The van der Waals surface area contributed by atoms with Crippen molar-refractivity contribution in [2.75, 3.05) is 17.2 Å². The van der Waals surface area contributed by atoms with Crippen molar-refractivity contribution in [2.45, 2.75) is 77.2 Å². The summed E-state index contributed by atoms with van der Waals surface area (Å²) in [5.41, 5.74) is 3.86. The molecule has 1 fully saturated rings. The van der Waals surface area contributed by atoms with Crippen LogP contribution in [0.2, 0.25) is 0 Å². The maximum absolute atomic E-state index is 12.5. The minimum absolute atomic E-state index is 0.0290. The predicted octanol–water partition coefficient (Wildman–Crippen LogP) is 7.20. The number of aromatic carboxylic acids is 1. The minimum atomic E-state index is -1.20. The second kappa shape index (κ2) is 14.8. The van der Waals surface area contributed by atoms with E-state index in [2.05, 4.69) is 30.3 Å². The number of thiazole rings is 1. The van der Waals surface area contributed by atoms with Gasteiger partial charge in [0.1, 0.15) is 6.10 Å². The number of benzene rings is 1. The second-order valence-electron chi connectivity index (χ2n) is 10.7. The van der Waals surface area contributed by atoms with Crippen LogP contribution in [0.5, 0.6) is 5.88 Å². The summed E-state index contributed by atoms with van der Waals surface area (Å²) in [4.78, 5) is 44.8. The summed E-state index contributed by atoms with van der Waals surface area (Å²) in [6.07, 6.45) is 10.0. The van der Waals surface area contributed by atoms with Crippen molar-refractivity contribution < 1.29 is 33.5 Å². The van der Waals surface area contributed by atoms with E-state index in [4.69, 9.17) is 14.6 Å². The van der Waals surface area contributed by atoms with Gasteiger partial charge in [-0.1, -0.05) is 36.7 Å². The molecule has 0 spiro atoms. The lowest BCUT2D eigenvalue weighted by Gasteiger charge is -2.22. The molecule has 0 saturated heterocycles. The van der Waals surface area contributed by atoms with Gasteiger partial charge in [0, 0.05) is 18.2 Å². The number of carboxylic acids is 1. The molecule has 5 rings (SSSR count). The lowest BCUT2D eigenvalue weighted by atomic mass is 9.98. The van der Waals surface area contributed by atoms with Crippen molar-refractivity contribution in [3.05, 3.63) is 48.0 Å². The fraction of sp³-hybridized carbons (Fsp3) is 0.419. The molecular formula is C31H35N5O7S. The van der Waals surface area contributed by atoms with Crippen molar-refractivity contribution in [1.29, 1.82) is 0 Å². The number of aryl methyl sites for hydroxylation is 1. The first-order valence-electron chi connectivity index (χ1n) is 14.8. The number of ether oxygens (including phenoxy) is 2. The maximum atomic E-state index is 12.5. The number of rotatable bonds is 13. The molecule has 0 radical (unpaired) electrons. The Kier molecular flexibility index (Phi) is 10.4. The fourth-order valence-corrected chi connectivity index (χ4v) is 5.90. The number of anilines is 2. The highest BCUT2D eigenvalue weighted by Gasteiger charge is 2.19. The van der Waals surface area contributed by atoms with E-state index < -0.39 is 12.1 Å². The Bertz CT molecular complexity index is 1610. The number of aromatic nitrogens is 3. The number of hydrogen-bond donors (Lipinski definition) is 3. The summed E-state index contributed by atoms with van der Waals surface area (Å²) in [5, 5.41) is 18.7. The third kappa shape index (κ3) is 8.53. The third-order valence-corrected chi connectivity index (χ3v) is 8.30. The first-order chi connectivity index (χ1) is 21.3. The lowest BCUT2D eigenvalue weighted by Crippen LogP contribution is -2.24. The highest BCUT2D eigenvalue weighted by molar-refractivity contribution is 7.22. The second-order valence-corrected chi connectivity index (χ2v) is 11.8. The molecule has 3 heterocycles. The average molecular weight is 622 g/mol. The van der Waals surface area contributed by atoms with Crippen molar-refractivity contribution in [1.82, 2.24) is 15.1 Å². The minimum Gasteiger partial charge on any atom is -0.475 e. The SMILES string of the molecule is Cc1ncc(-c2ccc3nc(NC(=O)CCCCCCOc4cc(C(=O)O)on4)sc3c2)cc1NC(=O)OC1CCCCC1. The van der Waals surface area contributed by atoms with Crippen molar-refractivity contribution in [2.24, 2.45) is 0 Å². The molecule has 12 nitrogen and oxygen atoms in total. The van der Waals surface area contributed by atoms with Gasteiger partial charge in [0.05, 0.1) is 34.3 Å². The predicted molar refractivity (Wildman–Crippen MR) is 165 cm³/mol. The van der Waals surface area contributed by atoms with Gasteiger partial charge in [0.2, 0.25) is 11.7 Å². The van der Waals surface area contributed by atoms with Gasteiger partial charge >= 0.3 is 12.1 Å². The number of nitrogens with zero attached hydrogens (tertiary/aromatic N) is 3. The number of carbonyl (C=O) groups is 3. The molecule has 1 aliphatic rings. The van der Waals surface area contributed by atoms with Gasteiger partial charge in [-0.05, 0) is 74.4 Å². The largest absolute Gasteiger partial charge is 0.475 e. The summed E-state index contributed by atoms with van der Waals surface area (Å²) < 4.78 is 16.6. The zero-order chi connectivity index (χ0) is 30.9. The van der Waals surface area contributed by atoms with E-state index in [1.54, 1.807) is 6.20 Å². The Morgan fingerprint density at radius 1 is 1.02 bits per heavy atom. The van der Waals surface area contributed by atoms with E-state index in [0.717, 1.165) is 72.7 Å². The number of carbonyl (C=O) groups excluding carboxylic acids is 2. The van der Waals surface area contributed by atoms with E-state index in [1.807, 2.05) is 31.2 Å². The summed E-state index contributed by atoms with van der Waals surface area (Å²) in [6, 6.07) is 8.99. The monoisotopic (exact) mass is 621 g/mol. The standard InChI is InChI=1S/C31H35N5O7S/c1-19-24(34-31(40)42-22-9-5-4-6-10-22)15-21(18-32-19)20-12-13-23-26(16-20)44-30(33-23)35-27(37)11-7-2-3-8-14-41-28-17-25(29(38)39)43-36-28/h12-13,15-18,22H,2-11,14H2,1H3,(H,34,40)(H,38,39)(H,33,35,37). The van der Waals surface area contributed by atoms with Gasteiger partial charge in [0.25, 0.3) is 5.88 Å². The molecule has 1 aromatic carbocycles. The van der Waals surface area contributed by atoms with Crippen LogP contribution >= 0.6 is 11.3 Å². The topological polar surface area (TPSA) is 166 Å². The Morgan fingerprint density at radius 3 is 2.64 bits per heavy atom. The molecule has 3 N–H and O–H groups in total. The van der Waals surface area contributed by atoms with Crippen LogP contribution in [-0.2, 0) is 9.53 Å². The molecule has 0 unspecified atom stereocenters. The van der Waals surface area contributed by atoms with E-state index >= 15 is 0 Å². The van der Waals surface area contributed by atoms with Crippen LogP contribution in [0.3, 0.4) is 0 Å². The first-order valence-corrected chi connectivity index (χ1v) is 15.6. The number of unbranched alkanes of at least 4 members (excludes halogenated alkanes) is 3. The van der Waals surface area contributed by atoms with Crippen LogP contribution in [0.4, 0.5) is 15.6 Å². The van der Waals surface area contributed by atoms with Gasteiger partial charge in [-0.15, -0.1) is 0 Å². The van der Waals surface area contributed by atoms with Crippen LogP contribution in [0, 0.1) is 6.92 Å². The van der Waals surface area contributed by atoms with Crippen molar-refractivity contribution in [3.63, 3.8) is 0 Å². The van der Waals surface area contributed by atoms with Gasteiger partial charge in [0.15, 0.2) is 5.13 Å². The van der Waals surface area contributed by atoms with Gasteiger partial charge in [-0.25, -0.2) is 14.6 Å². The van der Waals surface area contributed by atoms with Crippen molar-refractivity contribution in [3.8, 4) is 17.0 Å². The van der Waals surface area contributed by atoms with Crippen LogP contribution in [0.15, 0.2) is 41.1 Å². The number of fused-ring (bicyclic) bond motifs is 1. The molecule has 1 aliphatic carbocycles. The first kappa shape index (κ1) is 30.9. The molecule has 0 bridgehead atoms. The summed E-state index contributed by atoms with van der Waals surface area (Å²) in [6.45, 7) is 2.23. The maximum Gasteiger partial charge on any atom is 0.411 e. The van der Waals surface area contributed by atoms with E-state index in [-0.39, 0.29) is 23.7 Å². The van der Waals surface area contributed by atoms with Gasteiger partial charge < -0.3 is 24.4 Å². The lowest BCUT2D eigenvalue weighted by molar-refractivity contribution is -0.116. The summed E-state index contributed by atoms with van der Waals surface area (Å²) in [7, 11) is 0. The average Bonchev–Trinajstić information content (AvgIpc) is 3.65. The molecular weight excluding hydrogens is 586 g/mol. The highest BCUT2D eigenvalue weighted by atomic mass is 32.1. The Hall–Kier alpha value is -4.52. The number of pyridine rings is 1. The Morgan fingerprint density at radius 2 is 1.84 bits per heavy atom. The molecule has 44 heavy (non-hydrogen) atoms. The van der Waals surface area contributed by atoms with E-state index in [9.17, 15) is 14.4 Å². The zero-order valence-corrected chi connectivity index (χ0v) is 25.3. The summed E-state index contributed by atoms with van der Waals surface area (Å²) in [5.74, 6) is -1.41. The van der Waals surface area contributed by atoms with E-state index in [1.165, 1.54) is 23.8 Å². The number of amides is 2. The molecule has 2 amide bonds. The molecule has 232 valence electrons. The molecule has 13 heteroatoms. The fourth-order valence-electron chi connectivity index (χ4n) is 4.98. The Labute approximate surface area is 258 Å². The Balaban J connectivity index is 1.08. The van der Waals surface area contributed by atoms with Gasteiger partial charge in [-0.2, -0.15) is 0 Å². The summed E-state index contributed by atoms with van der Waals surface area (Å²) >= 11 is 1.40. The van der Waals surface area contributed by atoms with Crippen molar-refractivity contribution >= 4 is 50.3 Å². The molecule has 1 saturated carbocycles. The molecule has 3 aromatic heterocycles. The molecule has 0 atom stereocenters. The van der Waals surface area contributed by atoms with Crippen LogP contribution in [-0.4, -0.2) is 50.9 Å². The van der Waals surface area contributed by atoms with Crippen LogP contribution in [0.25, 0.3) is 21.3 Å². The normalized spacial score (nSPS) is 13.5. The smallest absolute Gasteiger partial charge is 0.411 e. The quantitative estimate of drug-likeness (QED) is 0.130. The molecule has 4 aromatic rings. The van der Waals surface area contributed by atoms with Gasteiger partial charge in [-0.3, -0.25) is 15.1 Å². The number of carboxylic acid groups (broad SMARTS) is 1.